The van der Waals surface area contributed by atoms with Gasteiger partial charge in [-0.25, -0.2) is 9.97 Å². The molecular weight excluding hydrogens is 250 g/mol. The Balaban J connectivity index is 2.16. The molecule has 1 saturated heterocycles. The van der Waals surface area contributed by atoms with Gasteiger partial charge in [0.05, 0.1) is 0 Å². The number of anilines is 2. The van der Waals surface area contributed by atoms with E-state index < -0.39 is 0 Å². The fourth-order valence-electron chi connectivity index (χ4n) is 2.61. The second-order valence-corrected chi connectivity index (χ2v) is 5.42. The molecule has 5 heteroatoms. The normalized spacial score (nSPS) is 16.5. The van der Waals surface area contributed by atoms with E-state index in [1.54, 1.807) is 0 Å². The van der Waals surface area contributed by atoms with Gasteiger partial charge in [0, 0.05) is 38.3 Å². The second kappa shape index (κ2) is 6.88. The summed E-state index contributed by atoms with van der Waals surface area (Å²) in [7, 11) is 0. The molecule has 1 fully saturated rings. The van der Waals surface area contributed by atoms with E-state index in [1.165, 1.54) is 5.56 Å². The molecule has 1 aliphatic heterocycles. The maximum Gasteiger partial charge on any atom is 0.137 e. The van der Waals surface area contributed by atoms with Crippen LogP contribution in [0.15, 0.2) is 0 Å². The second-order valence-electron chi connectivity index (χ2n) is 5.42. The summed E-state index contributed by atoms with van der Waals surface area (Å²) < 4.78 is 0. The van der Waals surface area contributed by atoms with Crippen LogP contribution in [0.2, 0.25) is 0 Å². The van der Waals surface area contributed by atoms with E-state index in [0.29, 0.717) is 0 Å². The van der Waals surface area contributed by atoms with Gasteiger partial charge in [0.25, 0.3) is 0 Å². The molecule has 0 spiro atoms. The average Bonchev–Trinajstić information content (AvgIpc) is 2.48. The highest BCUT2D eigenvalue weighted by molar-refractivity contribution is 5.58. The number of aryl methyl sites for hydroxylation is 1. The zero-order valence-corrected chi connectivity index (χ0v) is 13.2. The third kappa shape index (κ3) is 3.39. The lowest BCUT2D eigenvalue weighted by Gasteiger charge is -2.35. The first-order chi connectivity index (χ1) is 9.65. The SMILES string of the molecule is CCCNc1nc(C)nc(N2CCN(CC)CC2)c1C. The molecule has 112 valence electrons. The van der Waals surface area contributed by atoms with Crippen LogP contribution in [0.3, 0.4) is 0 Å². The van der Waals surface area contributed by atoms with Crippen molar-refractivity contribution >= 4 is 11.6 Å². The van der Waals surface area contributed by atoms with Gasteiger partial charge in [-0.2, -0.15) is 0 Å². The van der Waals surface area contributed by atoms with Gasteiger partial charge in [0.2, 0.25) is 0 Å². The molecule has 0 atom stereocenters. The minimum absolute atomic E-state index is 0.849. The fraction of sp³-hybridized carbons (Fsp3) is 0.733. The lowest BCUT2D eigenvalue weighted by Crippen LogP contribution is -2.46. The van der Waals surface area contributed by atoms with Crippen molar-refractivity contribution in [3.63, 3.8) is 0 Å². The quantitative estimate of drug-likeness (QED) is 0.892. The molecule has 0 saturated carbocycles. The number of hydrogen-bond acceptors (Lipinski definition) is 5. The molecule has 5 nitrogen and oxygen atoms in total. The molecule has 2 heterocycles. The Kier molecular flexibility index (Phi) is 5.17. The first kappa shape index (κ1) is 15.0. The van der Waals surface area contributed by atoms with E-state index in [0.717, 1.165) is 63.1 Å². The summed E-state index contributed by atoms with van der Waals surface area (Å²) in [6.07, 6.45) is 1.10. The van der Waals surface area contributed by atoms with Gasteiger partial charge in [-0.15, -0.1) is 0 Å². The highest BCUT2D eigenvalue weighted by atomic mass is 15.3. The summed E-state index contributed by atoms with van der Waals surface area (Å²) in [5.74, 6) is 2.95. The molecule has 0 amide bonds. The molecule has 0 aliphatic carbocycles. The van der Waals surface area contributed by atoms with Crippen molar-refractivity contribution in [2.45, 2.75) is 34.1 Å². The van der Waals surface area contributed by atoms with Crippen molar-refractivity contribution < 1.29 is 0 Å². The molecule has 0 bridgehead atoms. The van der Waals surface area contributed by atoms with Crippen molar-refractivity contribution in [2.75, 3.05) is 49.5 Å². The molecular formula is C15H27N5. The Morgan fingerprint density at radius 1 is 1.05 bits per heavy atom. The topological polar surface area (TPSA) is 44.3 Å². The Morgan fingerprint density at radius 3 is 2.35 bits per heavy atom. The van der Waals surface area contributed by atoms with Gasteiger partial charge in [-0.3, -0.25) is 0 Å². The third-order valence-corrected chi connectivity index (χ3v) is 3.89. The first-order valence-corrected chi connectivity index (χ1v) is 7.72. The van der Waals surface area contributed by atoms with Crippen LogP contribution >= 0.6 is 0 Å². The minimum Gasteiger partial charge on any atom is -0.370 e. The van der Waals surface area contributed by atoms with Crippen LogP contribution in [0.4, 0.5) is 11.6 Å². The van der Waals surface area contributed by atoms with E-state index >= 15 is 0 Å². The Labute approximate surface area is 122 Å². The van der Waals surface area contributed by atoms with E-state index in [1.807, 2.05) is 6.92 Å². The number of piperazine rings is 1. The van der Waals surface area contributed by atoms with Crippen molar-refractivity contribution in [2.24, 2.45) is 0 Å². The number of aromatic nitrogens is 2. The minimum atomic E-state index is 0.849. The van der Waals surface area contributed by atoms with Gasteiger partial charge in [-0.05, 0) is 26.8 Å². The zero-order valence-electron chi connectivity index (χ0n) is 13.2. The Morgan fingerprint density at radius 2 is 1.75 bits per heavy atom. The molecule has 0 radical (unpaired) electrons. The lowest BCUT2D eigenvalue weighted by molar-refractivity contribution is 0.270. The van der Waals surface area contributed by atoms with Crippen molar-refractivity contribution in [3.05, 3.63) is 11.4 Å². The van der Waals surface area contributed by atoms with E-state index in [4.69, 9.17) is 0 Å². The Bertz CT molecular complexity index is 438. The van der Waals surface area contributed by atoms with Crippen LogP contribution < -0.4 is 10.2 Å². The van der Waals surface area contributed by atoms with E-state index in [9.17, 15) is 0 Å². The van der Waals surface area contributed by atoms with Crippen LogP contribution in [-0.2, 0) is 0 Å². The van der Waals surface area contributed by atoms with Gasteiger partial charge in [0.1, 0.15) is 17.5 Å². The van der Waals surface area contributed by atoms with Crippen molar-refractivity contribution in [1.29, 1.82) is 0 Å². The maximum absolute atomic E-state index is 4.67. The molecule has 0 aromatic carbocycles. The number of rotatable bonds is 5. The standard InChI is InChI=1S/C15H27N5/c1-5-7-16-14-12(3)15(18-13(4)17-14)20-10-8-19(6-2)9-11-20/h5-11H2,1-4H3,(H,16,17,18). The van der Waals surface area contributed by atoms with Crippen LogP contribution in [0.5, 0.6) is 0 Å². The number of nitrogens with zero attached hydrogens (tertiary/aromatic N) is 4. The monoisotopic (exact) mass is 277 g/mol. The Hall–Kier alpha value is -1.36. The molecule has 1 N–H and O–H groups in total. The summed E-state index contributed by atoms with van der Waals surface area (Å²) >= 11 is 0. The zero-order chi connectivity index (χ0) is 14.5. The third-order valence-electron chi connectivity index (χ3n) is 3.89. The lowest BCUT2D eigenvalue weighted by atomic mass is 10.2. The fourth-order valence-corrected chi connectivity index (χ4v) is 2.61. The van der Waals surface area contributed by atoms with Crippen LogP contribution in [-0.4, -0.2) is 54.1 Å². The van der Waals surface area contributed by atoms with E-state index in [2.05, 4.69) is 45.9 Å². The summed E-state index contributed by atoms with van der Waals surface area (Å²) in [4.78, 5) is 14.1. The predicted molar refractivity (Wildman–Crippen MR) is 84.6 cm³/mol. The van der Waals surface area contributed by atoms with Gasteiger partial charge in [-0.1, -0.05) is 13.8 Å². The highest BCUT2D eigenvalue weighted by Gasteiger charge is 2.20. The first-order valence-electron chi connectivity index (χ1n) is 7.72. The predicted octanol–water partition coefficient (Wildman–Crippen LogP) is 2.06. The molecule has 1 aromatic rings. The molecule has 2 rings (SSSR count). The van der Waals surface area contributed by atoms with Crippen LogP contribution in [0.1, 0.15) is 31.7 Å². The smallest absolute Gasteiger partial charge is 0.137 e. The molecule has 0 unspecified atom stereocenters. The molecule has 1 aliphatic rings. The summed E-state index contributed by atoms with van der Waals surface area (Å²) in [5, 5.41) is 3.41. The van der Waals surface area contributed by atoms with Gasteiger partial charge >= 0.3 is 0 Å². The summed E-state index contributed by atoms with van der Waals surface area (Å²) in [6.45, 7) is 14.9. The van der Waals surface area contributed by atoms with Crippen molar-refractivity contribution in [1.82, 2.24) is 14.9 Å². The number of nitrogens with one attached hydrogen (secondary N) is 1. The van der Waals surface area contributed by atoms with Crippen LogP contribution in [0.25, 0.3) is 0 Å². The van der Waals surface area contributed by atoms with Crippen molar-refractivity contribution in [3.8, 4) is 0 Å². The number of hydrogen-bond donors (Lipinski definition) is 1. The van der Waals surface area contributed by atoms with Crippen LogP contribution in [0, 0.1) is 13.8 Å². The molecule has 20 heavy (non-hydrogen) atoms. The highest BCUT2D eigenvalue weighted by Crippen LogP contribution is 2.24. The summed E-state index contributed by atoms with van der Waals surface area (Å²) in [6, 6.07) is 0. The number of likely N-dealkylation sites (N-methyl/N-ethyl adjacent to an activating group) is 1. The molecule has 1 aromatic heterocycles. The van der Waals surface area contributed by atoms with Gasteiger partial charge in [0.15, 0.2) is 0 Å². The van der Waals surface area contributed by atoms with E-state index in [-0.39, 0.29) is 0 Å². The average molecular weight is 277 g/mol. The van der Waals surface area contributed by atoms with Gasteiger partial charge < -0.3 is 15.1 Å². The largest absolute Gasteiger partial charge is 0.370 e. The summed E-state index contributed by atoms with van der Waals surface area (Å²) in [5.41, 5.74) is 1.17. The maximum atomic E-state index is 4.67.